The first-order valence-electron chi connectivity index (χ1n) is 8.30. The molecule has 0 bridgehead atoms. The van der Waals surface area contributed by atoms with Crippen LogP contribution in [0.1, 0.15) is 11.1 Å². The van der Waals surface area contributed by atoms with Gasteiger partial charge in [-0.1, -0.05) is 29.3 Å². The lowest BCUT2D eigenvalue weighted by molar-refractivity contribution is 0.879. The van der Waals surface area contributed by atoms with E-state index in [0.29, 0.717) is 22.2 Å². The summed E-state index contributed by atoms with van der Waals surface area (Å²) in [7, 11) is 0. The summed E-state index contributed by atoms with van der Waals surface area (Å²) < 4.78 is 3.44. The number of hydrogen-bond donors (Lipinski definition) is 1. The Morgan fingerprint density at radius 2 is 1.46 bits per heavy atom. The van der Waals surface area contributed by atoms with E-state index in [-0.39, 0.29) is 0 Å². The van der Waals surface area contributed by atoms with E-state index >= 15 is 0 Å². The molecule has 0 saturated heterocycles. The summed E-state index contributed by atoms with van der Waals surface area (Å²) in [5.41, 5.74) is 8.72. The molecule has 0 aliphatic rings. The van der Waals surface area contributed by atoms with Crippen LogP contribution in [0, 0.1) is 11.3 Å². The van der Waals surface area contributed by atoms with Gasteiger partial charge in [-0.25, -0.2) is 9.36 Å². The molecular formula is C20H16Cl2N6. The molecule has 2 heterocycles. The normalized spacial score (nSPS) is 10.1. The number of nitrogens with two attached hydrogens (primary N) is 1. The molecule has 0 radical (unpaired) electrons. The van der Waals surface area contributed by atoms with Crippen molar-refractivity contribution >= 4 is 23.2 Å². The molecule has 0 fully saturated rings. The molecule has 0 unspecified atom stereocenters. The Hall–Kier alpha value is -3.11. The van der Waals surface area contributed by atoms with Crippen LogP contribution in [0.2, 0.25) is 10.0 Å². The summed E-state index contributed by atoms with van der Waals surface area (Å²) >= 11 is 11.9. The molecule has 0 aliphatic carbocycles. The summed E-state index contributed by atoms with van der Waals surface area (Å²) in [4.78, 5) is 0. The number of nitrogens with zero attached hydrogens (tertiary/aromatic N) is 5. The zero-order valence-electron chi connectivity index (χ0n) is 14.7. The lowest BCUT2D eigenvalue weighted by atomic mass is 10.2. The highest BCUT2D eigenvalue weighted by Crippen LogP contribution is 2.20. The van der Waals surface area contributed by atoms with E-state index in [0.717, 1.165) is 16.9 Å². The van der Waals surface area contributed by atoms with E-state index in [1.165, 1.54) is 0 Å². The van der Waals surface area contributed by atoms with Crippen LogP contribution in [0.3, 0.4) is 0 Å². The van der Waals surface area contributed by atoms with Gasteiger partial charge in [-0.3, -0.25) is 0 Å². The third-order valence-electron chi connectivity index (χ3n) is 3.87. The second-order valence-electron chi connectivity index (χ2n) is 5.66. The first kappa shape index (κ1) is 19.6. The summed E-state index contributed by atoms with van der Waals surface area (Å²) in [5.74, 6) is 0. The van der Waals surface area contributed by atoms with E-state index in [9.17, 15) is 0 Å². The molecule has 0 aliphatic heterocycles. The number of benzene rings is 2. The van der Waals surface area contributed by atoms with Crippen LogP contribution in [0.4, 0.5) is 0 Å². The van der Waals surface area contributed by atoms with Crippen molar-refractivity contribution < 1.29 is 0 Å². The van der Waals surface area contributed by atoms with Crippen LogP contribution in [-0.2, 0) is 6.54 Å². The SMILES string of the molecule is N#Cc1ccc(-n2cccn2)cc1Cl.NCc1ccc(-n2cccn2)cc1Cl. The summed E-state index contributed by atoms with van der Waals surface area (Å²) in [6.07, 6.45) is 7.10. The van der Waals surface area contributed by atoms with Gasteiger partial charge in [0.15, 0.2) is 0 Å². The third-order valence-corrected chi connectivity index (χ3v) is 4.53. The predicted octanol–water partition coefficient (Wildman–Crippen LogP) is 4.38. The molecule has 0 saturated carbocycles. The summed E-state index contributed by atoms with van der Waals surface area (Å²) in [5, 5.41) is 18.0. The monoisotopic (exact) mass is 410 g/mol. The lowest BCUT2D eigenvalue weighted by Gasteiger charge is -2.04. The minimum Gasteiger partial charge on any atom is -0.326 e. The van der Waals surface area contributed by atoms with Crippen molar-refractivity contribution in [2.45, 2.75) is 6.54 Å². The van der Waals surface area contributed by atoms with Gasteiger partial charge < -0.3 is 5.73 Å². The third kappa shape index (κ3) is 4.59. The maximum absolute atomic E-state index is 8.68. The van der Waals surface area contributed by atoms with E-state index in [4.69, 9.17) is 34.2 Å². The van der Waals surface area contributed by atoms with E-state index in [2.05, 4.69) is 10.2 Å². The maximum atomic E-state index is 8.68. The molecule has 0 atom stereocenters. The molecule has 8 heteroatoms. The Balaban J connectivity index is 0.000000161. The minimum absolute atomic E-state index is 0.445. The van der Waals surface area contributed by atoms with Gasteiger partial charge in [-0.05, 0) is 48.0 Å². The van der Waals surface area contributed by atoms with Crippen LogP contribution in [0.25, 0.3) is 11.4 Å². The zero-order valence-corrected chi connectivity index (χ0v) is 16.2. The number of aromatic nitrogens is 4. The highest BCUT2D eigenvalue weighted by Gasteiger charge is 2.02. The lowest BCUT2D eigenvalue weighted by Crippen LogP contribution is -1.99. The average molecular weight is 411 g/mol. The largest absolute Gasteiger partial charge is 0.326 e. The molecule has 4 aromatic rings. The molecule has 0 amide bonds. The molecule has 2 aromatic carbocycles. The Morgan fingerprint density at radius 3 is 1.89 bits per heavy atom. The number of rotatable bonds is 3. The standard InChI is InChI=1S/C10H10ClN3.C10H6ClN3/c2*11-10-6-9(3-2-8(10)7-12)14-5-1-4-13-14/h1-6H,7,12H2;1-6H. The van der Waals surface area contributed by atoms with Crippen LogP contribution < -0.4 is 5.73 Å². The van der Waals surface area contributed by atoms with Crippen molar-refractivity contribution in [3.05, 3.63) is 94.5 Å². The van der Waals surface area contributed by atoms with E-state index in [1.807, 2.05) is 48.8 Å². The Kier molecular flexibility index (Phi) is 6.45. The number of nitriles is 1. The first-order valence-corrected chi connectivity index (χ1v) is 9.06. The van der Waals surface area contributed by atoms with Gasteiger partial charge in [0.1, 0.15) is 6.07 Å². The van der Waals surface area contributed by atoms with Crippen molar-refractivity contribution in [1.82, 2.24) is 19.6 Å². The van der Waals surface area contributed by atoms with Crippen LogP contribution >= 0.6 is 23.2 Å². The van der Waals surface area contributed by atoms with Crippen molar-refractivity contribution in [1.29, 1.82) is 5.26 Å². The minimum atomic E-state index is 0.445. The predicted molar refractivity (Wildman–Crippen MR) is 110 cm³/mol. The van der Waals surface area contributed by atoms with Gasteiger partial charge in [0, 0.05) is 36.4 Å². The maximum Gasteiger partial charge on any atom is 0.101 e. The van der Waals surface area contributed by atoms with Crippen molar-refractivity contribution in [2.75, 3.05) is 0 Å². The molecule has 2 aromatic heterocycles. The van der Waals surface area contributed by atoms with Crippen molar-refractivity contribution in [3.63, 3.8) is 0 Å². The number of halogens is 2. The molecule has 6 nitrogen and oxygen atoms in total. The van der Waals surface area contributed by atoms with Gasteiger partial charge in [-0.2, -0.15) is 15.5 Å². The second-order valence-corrected chi connectivity index (χ2v) is 6.47. The van der Waals surface area contributed by atoms with Gasteiger partial charge in [0.25, 0.3) is 0 Å². The highest BCUT2D eigenvalue weighted by atomic mass is 35.5. The van der Waals surface area contributed by atoms with Gasteiger partial charge >= 0.3 is 0 Å². The van der Waals surface area contributed by atoms with Crippen molar-refractivity contribution in [3.8, 4) is 17.4 Å². The molecule has 0 spiro atoms. The molecular weight excluding hydrogens is 395 g/mol. The van der Waals surface area contributed by atoms with Crippen molar-refractivity contribution in [2.24, 2.45) is 5.73 Å². The zero-order chi connectivity index (χ0) is 19.9. The topological polar surface area (TPSA) is 85.5 Å². The smallest absolute Gasteiger partial charge is 0.101 e. The average Bonchev–Trinajstić information content (AvgIpc) is 3.42. The number of hydrogen-bond acceptors (Lipinski definition) is 4. The Morgan fingerprint density at radius 1 is 0.893 bits per heavy atom. The van der Waals surface area contributed by atoms with Gasteiger partial charge in [-0.15, -0.1) is 0 Å². The fraction of sp³-hybridized carbons (Fsp3) is 0.0500. The fourth-order valence-electron chi connectivity index (χ4n) is 2.42. The molecule has 2 N–H and O–H groups in total. The van der Waals surface area contributed by atoms with Crippen LogP contribution in [0.5, 0.6) is 0 Å². The molecule has 140 valence electrons. The molecule has 28 heavy (non-hydrogen) atoms. The Labute approximate surface area is 172 Å². The second kappa shape index (κ2) is 9.20. The van der Waals surface area contributed by atoms with E-state index in [1.54, 1.807) is 40.0 Å². The van der Waals surface area contributed by atoms with Crippen LogP contribution in [-0.4, -0.2) is 19.6 Å². The van der Waals surface area contributed by atoms with Gasteiger partial charge in [0.05, 0.1) is 22.0 Å². The Bertz CT molecular complexity index is 1080. The fourth-order valence-corrected chi connectivity index (χ4v) is 2.89. The first-order chi connectivity index (χ1) is 13.6. The quantitative estimate of drug-likeness (QED) is 0.542. The molecule has 4 rings (SSSR count). The van der Waals surface area contributed by atoms with E-state index < -0.39 is 0 Å². The summed E-state index contributed by atoms with van der Waals surface area (Å²) in [6.45, 7) is 0.457. The van der Waals surface area contributed by atoms with Crippen LogP contribution in [0.15, 0.2) is 73.3 Å². The highest BCUT2D eigenvalue weighted by molar-refractivity contribution is 6.32. The van der Waals surface area contributed by atoms with Gasteiger partial charge in [0.2, 0.25) is 0 Å². The summed E-state index contributed by atoms with van der Waals surface area (Å²) in [6, 6.07) is 16.6.